The highest BCUT2D eigenvalue weighted by Gasteiger charge is 2.20. The molecule has 0 spiro atoms. The number of nitrogen functional groups attached to an aromatic ring is 1. The third-order valence-electron chi connectivity index (χ3n) is 3.21. The molecule has 0 heterocycles. The van der Waals surface area contributed by atoms with E-state index in [1.807, 2.05) is 6.92 Å². The summed E-state index contributed by atoms with van der Waals surface area (Å²) in [6.45, 7) is 4.20. The van der Waals surface area contributed by atoms with Gasteiger partial charge in [-0.2, -0.15) is 0 Å². The van der Waals surface area contributed by atoms with E-state index in [1.165, 1.54) is 11.0 Å². The molecule has 7 nitrogen and oxygen atoms in total. The number of carbonyl (C=O) groups excluding carboxylic acids is 1. The smallest absolute Gasteiger partial charge is 0.241 e. The topological polar surface area (TPSA) is 110 Å². The molecule has 1 aromatic rings. The summed E-state index contributed by atoms with van der Waals surface area (Å²) in [5.74, 6) is -0.0872. The van der Waals surface area contributed by atoms with Gasteiger partial charge in [-0.15, -0.1) is 0 Å². The number of nitrogens with two attached hydrogens (primary N) is 2. The molecule has 8 heteroatoms. The van der Waals surface area contributed by atoms with Gasteiger partial charge in [-0.25, -0.2) is 13.6 Å². The molecule has 0 saturated heterocycles. The summed E-state index contributed by atoms with van der Waals surface area (Å²) in [6.07, 6.45) is 0. The number of rotatable bonds is 5. The maximum absolute atomic E-state index is 11.9. The zero-order chi connectivity index (χ0) is 16.4. The number of anilines is 2. The first kappa shape index (κ1) is 17.3. The Bertz CT molecular complexity index is 641. The van der Waals surface area contributed by atoms with E-state index < -0.39 is 10.0 Å². The van der Waals surface area contributed by atoms with Crippen LogP contribution in [0.2, 0.25) is 0 Å². The summed E-state index contributed by atoms with van der Waals surface area (Å²) in [4.78, 5) is 15.1. The van der Waals surface area contributed by atoms with Gasteiger partial charge in [0.05, 0.1) is 11.4 Å². The van der Waals surface area contributed by atoms with E-state index in [0.29, 0.717) is 17.8 Å². The molecule has 0 radical (unpaired) electrons. The number of benzene rings is 1. The average molecular weight is 314 g/mol. The first-order valence-corrected chi connectivity index (χ1v) is 8.00. The van der Waals surface area contributed by atoms with Crippen molar-refractivity contribution in [2.45, 2.75) is 18.7 Å². The van der Waals surface area contributed by atoms with Gasteiger partial charge in [0.15, 0.2) is 0 Å². The maximum atomic E-state index is 11.9. The van der Waals surface area contributed by atoms with Crippen LogP contribution in [0.1, 0.15) is 12.5 Å². The average Bonchev–Trinajstić information content (AvgIpc) is 2.36. The van der Waals surface area contributed by atoms with Crippen molar-refractivity contribution in [2.24, 2.45) is 5.14 Å². The molecule has 4 N–H and O–H groups in total. The molecule has 1 rings (SSSR count). The van der Waals surface area contributed by atoms with Crippen LogP contribution in [0, 0.1) is 6.92 Å². The van der Waals surface area contributed by atoms with Gasteiger partial charge in [0.1, 0.15) is 0 Å². The van der Waals surface area contributed by atoms with Crippen molar-refractivity contribution >= 4 is 27.3 Å². The molecule has 0 fully saturated rings. The van der Waals surface area contributed by atoms with Crippen LogP contribution in [0.15, 0.2) is 17.0 Å². The fourth-order valence-electron chi connectivity index (χ4n) is 1.99. The summed E-state index contributed by atoms with van der Waals surface area (Å²) >= 11 is 0. The fourth-order valence-corrected chi connectivity index (χ4v) is 2.82. The standard InChI is InChI=1S/C13H22N4O3S/c1-5-17(8-13(18)16(3)4)11-6-10(14)7-12(9(11)2)21(15,19)20/h6-7H,5,8,14H2,1-4H3,(H2,15,19,20). The summed E-state index contributed by atoms with van der Waals surface area (Å²) < 4.78 is 23.3. The van der Waals surface area contributed by atoms with Crippen LogP contribution in [0.4, 0.5) is 11.4 Å². The van der Waals surface area contributed by atoms with E-state index in [9.17, 15) is 13.2 Å². The van der Waals surface area contributed by atoms with Crippen molar-refractivity contribution < 1.29 is 13.2 Å². The predicted octanol–water partition coefficient (Wildman–Crippen LogP) is 0.139. The molecule has 0 aromatic heterocycles. The van der Waals surface area contributed by atoms with E-state index in [2.05, 4.69) is 0 Å². The van der Waals surface area contributed by atoms with Gasteiger partial charge in [-0.3, -0.25) is 4.79 Å². The van der Waals surface area contributed by atoms with Gasteiger partial charge in [0, 0.05) is 32.0 Å². The molecule has 0 aliphatic rings. The van der Waals surface area contributed by atoms with Gasteiger partial charge in [-0.05, 0) is 31.5 Å². The second kappa shape index (κ2) is 6.31. The lowest BCUT2D eigenvalue weighted by atomic mass is 10.1. The van der Waals surface area contributed by atoms with Crippen LogP contribution in [0.3, 0.4) is 0 Å². The van der Waals surface area contributed by atoms with Gasteiger partial charge in [-0.1, -0.05) is 0 Å². The van der Waals surface area contributed by atoms with Crippen molar-refractivity contribution in [3.63, 3.8) is 0 Å². The van der Waals surface area contributed by atoms with E-state index >= 15 is 0 Å². The first-order chi connectivity index (χ1) is 9.57. The van der Waals surface area contributed by atoms with Crippen molar-refractivity contribution in [2.75, 3.05) is 37.8 Å². The number of primary sulfonamides is 1. The van der Waals surface area contributed by atoms with Crippen molar-refractivity contribution in [1.82, 2.24) is 4.90 Å². The Morgan fingerprint density at radius 1 is 1.29 bits per heavy atom. The highest BCUT2D eigenvalue weighted by atomic mass is 32.2. The minimum atomic E-state index is -3.87. The molecule has 118 valence electrons. The largest absolute Gasteiger partial charge is 0.399 e. The zero-order valence-corrected chi connectivity index (χ0v) is 13.6. The van der Waals surface area contributed by atoms with E-state index in [-0.39, 0.29) is 23.0 Å². The third-order valence-corrected chi connectivity index (χ3v) is 4.25. The highest BCUT2D eigenvalue weighted by Crippen LogP contribution is 2.29. The molecule has 21 heavy (non-hydrogen) atoms. The maximum Gasteiger partial charge on any atom is 0.241 e. The molecule has 0 aliphatic heterocycles. The number of hydrogen-bond acceptors (Lipinski definition) is 5. The van der Waals surface area contributed by atoms with Crippen LogP contribution >= 0.6 is 0 Å². The number of carbonyl (C=O) groups is 1. The molecule has 0 atom stereocenters. The highest BCUT2D eigenvalue weighted by molar-refractivity contribution is 7.89. The number of hydrogen-bond donors (Lipinski definition) is 2. The molecule has 0 unspecified atom stereocenters. The van der Waals surface area contributed by atoms with Crippen LogP contribution in [-0.2, 0) is 14.8 Å². The molecule has 0 saturated carbocycles. The Morgan fingerprint density at radius 3 is 2.29 bits per heavy atom. The lowest BCUT2D eigenvalue weighted by Gasteiger charge is -2.27. The second-order valence-electron chi connectivity index (χ2n) is 5.01. The summed E-state index contributed by atoms with van der Waals surface area (Å²) in [5.41, 5.74) is 7.13. The monoisotopic (exact) mass is 314 g/mol. The Hall–Kier alpha value is -1.80. The van der Waals surface area contributed by atoms with E-state index in [1.54, 1.807) is 32.0 Å². The van der Waals surface area contributed by atoms with Gasteiger partial charge in [0.25, 0.3) is 0 Å². The minimum absolute atomic E-state index is 0.0201. The number of amides is 1. The Morgan fingerprint density at radius 2 is 1.86 bits per heavy atom. The molecule has 0 bridgehead atoms. The first-order valence-electron chi connectivity index (χ1n) is 6.46. The van der Waals surface area contributed by atoms with Crippen LogP contribution in [0.25, 0.3) is 0 Å². The van der Waals surface area contributed by atoms with Gasteiger partial charge < -0.3 is 15.5 Å². The normalized spacial score (nSPS) is 11.3. The predicted molar refractivity (Wildman–Crippen MR) is 83.5 cm³/mol. The lowest BCUT2D eigenvalue weighted by Crippen LogP contribution is -2.37. The zero-order valence-electron chi connectivity index (χ0n) is 12.8. The molecule has 1 amide bonds. The minimum Gasteiger partial charge on any atom is -0.399 e. The number of nitrogens with zero attached hydrogens (tertiary/aromatic N) is 2. The van der Waals surface area contributed by atoms with Crippen molar-refractivity contribution in [3.05, 3.63) is 17.7 Å². The molecule has 1 aromatic carbocycles. The van der Waals surface area contributed by atoms with Gasteiger partial charge >= 0.3 is 0 Å². The lowest BCUT2D eigenvalue weighted by molar-refractivity contribution is -0.127. The Labute approximate surface area is 125 Å². The molecule has 0 aliphatic carbocycles. The Balaban J connectivity index is 3.34. The SMILES string of the molecule is CCN(CC(=O)N(C)C)c1cc(N)cc(S(N)(=O)=O)c1C. The molecular weight excluding hydrogens is 292 g/mol. The second-order valence-corrected chi connectivity index (χ2v) is 6.54. The van der Waals surface area contributed by atoms with Crippen LogP contribution in [0.5, 0.6) is 0 Å². The fraction of sp³-hybridized carbons (Fsp3) is 0.462. The van der Waals surface area contributed by atoms with E-state index in [0.717, 1.165) is 0 Å². The quantitative estimate of drug-likeness (QED) is 0.751. The summed E-state index contributed by atoms with van der Waals surface area (Å²) in [6, 6.07) is 2.98. The Kier molecular flexibility index (Phi) is 5.19. The van der Waals surface area contributed by atoms with E-state index in [4.69, 9.17) is 10.9 Å². The number of likely N-dealkylation sites (N-methyl/N-ethyl adjacent to an activating group) is 2. The summed E-state index contributed by atoms with van der Waals surface area (Å²) in [7, 11) is -0.537. The van der Waals surface area contributed by atoms with Crippen LogP contribution in [-0.4, -0.2) is 46.4 Å². The van der Waals surface area contributed by atoms with Crippen LogP contribution < -0.4 is 15.8 Å². The summed E-state index contributed by atoms with van der Waals surface area (Å²) in [5, 5.41) is 5.21. The van der Waals surface area contributed by atoms with Crippen molar-refractivity contribution in [3.8, 4) is 0 Å². The number of sulfonamides is 1. The molecular formula is C13H22N4O3S. The van der Waals surface area contributed by atoms with Gasteiger partial charge in [0.2, 0.25) is 15.9 Å². The third kappa shape index (κ3) is 4.08. The van der Waals surface area contributed by atoms with Crippen molar-refractivity contribution in [1.29, 1.82) is 0 Å².